The average Bonchev–Trinajstić information content (AvgIpc) is 3.31. The van der Waals surface area contributed by atoms with E-state index in [0.717, 1.165) is 16.8 Å². The molecule has 1 saturated heterocycles. The summed E-state index contributed by atoms with van der Waals surface area (Å²) in [4.78, 5) is 21.2. The van der Waals surface area contributed by atoms with Crippen molar-refractivity contribution in [2.75, 3.05) is 19.8 Å². The van der Waals surface area contributed by atoms with Crippen LogP contribution in [-0.2, 0) is 18.2 Å². The molecule has 0 unspecified atom stereocenters. The molecule has 0 spiro atoms. The van der Waals surface area contributed by atoms with Gasteiger partial charge < -0.3 is 9.47 Å². The molecule has 0 N–H and O–H groups in total. The van der Waals surface area contributed by atoms with E-state index in [-0.39, 0.29) is 12.0 Å². The molecule has 10 heteroatoms. The first-order valence-electron chi connectivity index (χ1n) is 11.4. The van der Waals surface area contributed by atoms with E-state index in [9.17, 15) is 9.18 Å². The largest absolute Gasteiger partial charge is 0.487 e. The Balaban J connectivity index is 1.29. The van der Waals surface area contributed by atoms with Crippen molar-refractivity contribution in [3.63, 3.8) is 0 Å². The number of aromatic nitrogens is 6. The summed E-state index contributed by atoms with van der Waals surface area (Å²) in [6.45, 7) is 0.762. The molecule has 0 bridgehead atoms. The molecular weight excluding hydrogens is 451 g/mol. The van der Waals surface area contributed by atoms with Crippen LogP contribution in [0.2, 0.25) is 0 Å². The number of rotatable bonds is 7. The third-order valence-corrected chi connectivity index (χ3v) is 5.91. The Bertz CT molecular complexity index is 1360. The number of aryl methyl sites for hydroxylation is 1. The van der Waals surface area contributed by atoms with E-state index in [2.05, 4.69) is 20.2 Å². The van der Waals surface area contributed by atoms with Crippen molar-refractivity contribution in [1.82, 2.24) is 29.5 Å². The molecule has 0 amide bonds. The van der Waals surface area contributed by atoms with E-state index in [1.165, 1.54) is 6.07 Å². The van der Waals surface area contributed by atoms with Crippen LogP contribution in [0.1, 0.15) is 24.1 Å². The molecule has 0 aliphatic carbocycles. The van der Waals surface area contributed by atoms with Crippen molar-refractivity contribution in [2.24, 2.45) is 7.05 Å². The molecule has 0 radical (unpaired) electrons. The van der Waals surface area contributed by atoms with E-state index in [1.807, 2.05) is 37.5 Å². The second-order valence-corrected chi connectivity index (χ2v) is 8.61. The highest BCUT2D eigenvalue weighted by Crippen LogP contribution is 2.26. The molecule has 1 aliphatic rings. The van der Waals surface area contributed by atoms with Gasteiger partial charge in [-0.1, -0.05) is 18.2 Å². The quantitative estimate of drug-likeness (QED) is 0.405. The van der Waals surface area contributed by atoms with E-state index in [4.69, 9.17) is 9.47 Å². The monoisotopic (exact) mass is 476 g/mol. The number of alkyl halides is 1. The Labute approximate surface area is 201 Å². The van der Waals surface area contributed by atoms with Gasteiger partial charge in [-0.05, 0) is 11.6 Å². The zero-order valence-corrected chi connectivity index (χ0v) is 19.3. The molecule has 9 nitrogen and oxygen atoms in total. The van der Waals surface area contributed by atoms with E-state index in [1.54, 1.807) is 34.2 Å². The minimum atomic E-state index is -1.38. The normalized spacial score (nSPS) is 15.1. The molecule has 1 fully saturated rings. The molecular formula is C25H25FN6O3. The Hall–Kier alpha value is -3.92. The molecule has 1 aliphatic heterocycles. The van der Waals surface area contributed by atoms with Gasteiger partial charge in [-0.2, -0.15) is 10.2 Å². The van der Waals surface area contributed by atoms with Crippen LogP contribution in [0.3, 0.4) is 0 Å². The van der Waals surface area contributed by atoms with Crippen molar-refractivity contribution in [1.29, 1.82) is 0 Å². The molecule has 180 valence electrons. The third kappa shape index (κ3) is 5.43. The maximum absolute atomic E-state index is 14.7. The van der Waals surface area contributed by atoms with Gasteiger partial charge in [-0.15, -0.1) is 0 Å². The van der Waals surface area contributed by atoms with Gasteiger partial charge in [0.05, 0.1) is 24.8 Å². The molecule has 0 saturated carbocycles. The third-order valence-electron chi connectivity index (χ3n) is 5.91. The average molecular weight is 477 g/mol. The van der Waals surface area contributed by atoms with Crippen LogP contribution >= 0.6 is 0 Å². The van der Waals surface area contributed by atoms with Crippen LogP contribution in [0.15, 0.2) is 66.1 Å². The van der Waals surface area contributed by atoms with Gasteiger partial charge in [0.2, 0.25) is 5.43 Å². The highest BCUT2D eigenvalue weighted by atomic mass is 19.1. The van der Waals surface area contributed by atoms with Gasteiger partial charge in [0.15, 0.2) is 11.6 Å². The lowest BCUT2D eigenvalue weighted by molar-refractivity contribution is -0.0324. The highest BCUT2D eigenvalue weighted by molar-refractivity contribution is 5.56. The van der Waals surface area contributed by atoms with Gasteiger partial charge >= 0.3 is 0 Å². The van der Waals surface area contributed by atoms with Crippen LogP contribution in [0.25, 0.3) is 17.1 Å². The van der Waals surface area contributed by atoms with Gasteiger partial charge in [-0.25, -0.2) is 19.0 Å². The highest BCUT2D eigenvalue weighted by Gasteiger charge is 2.33. The first kappa shape index (κ1) is 22.9. The number of benzene rings is 1. The van der Waals surface area contributed by atoms with Crippen molar-refractivity contribution in [3.05, 3.63) is 82.8 Å². The zero-order valence-electron chi connectivity index (χ0n) is 19.3. The lowest BCUT2D eigenvalue weighted by atomic mass is 9.98. The molecule has 4 aromatic rings. The second kappa shape index (κ2) is 9.75. The molecule has 4 heterocycles. The van der Waals surface area contributed by atoms with E-state index in [0.29, 0.717) is 49.7 Å². The van der Waals surface area contributed by atoms with E-state index >= 15 is 0 Å². The van der Waals surface area contributed by atoms with Crippen LogP contribution in [0.5, 0.6) is 5.75 Å². The molecule has 1 aromatic carbocycles. The predicted molar refractivity (Wildman–Crippen MR) is 126 cm³/mol. The minimum Gasteiger partial charge on any atom is -0.487 e. The number of halogens is 1. The maximum Gasteiger partial charge on any atom is 0.203 e. The summed E-state index contributed by atoms with van der Waals surface area (Å²) < 4.78 is 28.8. The summed E-state index contributed by atoms with van der Waals surface area (Å²) in [5.74, 6) is 0.923. The van der Waals surface area contributed by atoms with Gasteiger partial charge in [-0.3, -0.25) is 9.48 Å². The van der Waals surface area contributed by atoms with Gasteiger partial charge in [0.1, 0.15) is 23.7 Å². The summed E-state index contributed by atoms with van der Waals surface area (Å²) in [5.41, 5.74) is 1.37. The Kier molecular flexibility index (Phi) is 6.37. The second-order valence-electron chi connectivity index (χ2n) is 8.61. The smallest absolute Gasteiger partial charge is 0.203 e. The first-order chi connectivity index (χ1) is 17.0. The number of nitrogens with zero attached hydrogens (tertiary/aromatic N) is 6. The molecule has 0 atom stereocenters. The van der Waals surface area contributed by atoms with Gasteiger partial charge in [0, 0.05) is 57.4 Å². The van der Waals surface area contributed by atoms with Crippen LogP contribution in [0.4, 0.5) is 4.39 Å². The van der Waals surface area contributed by atoms with Crippen molar-refractivity contribution >= 4 is 0 Å². The number of hydrogen-bond donors (Lipinski definition) is 0. The van der Waals surface area contributed by atoms with Crippen LogP contribution in [0, 0.1) is 0 Å². The lowest BCUT2D eigenvalue weighted by Crippen LogP contribution is -2.37. The van der Waals surface area contributed by atoms with Crippen molar-refractivity contribution < 1.29 is 13.9 Å². The van der Waals surface area contributed by atoms with Crippen LogP contribution in [-0.4, -0.2) is 55.0 Å². The summed E-state index contributed by atoms with van der Waals surface area (Å²) in [6.07, 6.45) is 9.23. The van der Waals surface area contributed by atoms with Crippen molar-refractivity contribution in [2.45, 2.75) is 24.9 Å². The Morgan fingerprint density at radius 2 is 1.94 bits per heavy atom. The van der Waals surface area contributed by atoms with Gasteiger partial charge in [0.25, 0.3) is 0 Å². The zero-order chi connectivity index (χ0) is 24.3. The lowest BCUT2D eigenvalue weighted by Gasteiger charge is -2.29. The minimum absolute atomic E-state index is 0.0464. The molecule has 5 rings (SSSR count). The summed E-state index contributed by atoms with van der Waals surface area (Å²) >= 11 is 0. The fourth-order valence-corrected chi connectivity index (χ4v) is 3.89. The van der Waals surface area contributed by atoms with Crippen LogP contribution < -0.4 is 10.2 Å². The fourth-order valence-electron chi connectivity index (χ4n) is 3.89. The summed E-state index contributed by atoms with van der Waals surface area (Å²) in [7, 11) is 1.82. The summed E-state index contributed by atoms with van der Waals surface area (Å²) in [5, 5.41) is 8.64. The maximum atomic E-state index is 14.7. The molecule has 35 heavy (non-hydrogen) atoms. The molecule has 3 aromatic heterocycles. The number of ether oxygens (including phenoxy) is 2. The Morgan fingerprint density at radius 3 is 2.69 bits per heavy atom. The SMILES string of the molecule is Cn1cc(-n2ccc(=O)c(Cc3cccc(-c4ncc(OCC5(F)CCOCC5)cn4)c3)n2)cn1. The topological polar surface area (TPSA) is 97.0 Å². The van der Waals surface area contributed by atoms with Crippen molar-refractivity contribution in [3.8, 4) is 22.8 Å². The Morgan fingerprint density at radius 1 is 1.14 bits per heavy atom. The summed E-state index contributed by atoms with van der Waals surface area (Å²) in [6, 6.07) is 9.14. The fraction of sp³-hybridized carbons (Fsp3) is 0.320. The first-order valence-corrected chi connectivity index (χ1v) is 11.4. The standard InChI is InChI=1S/C25H25FN6O3/c1-31-16-20(13-29-31)32-8-5-23(33)22(30-32)12-18-3-2-4-19(11-18)24-27-14-21(15-28-24)35-17-25(26)6-9-34-10-7-25/h2-5,8,11,13-16H,6-7,9-10,12,17H2,1H3. The predicted octanol–water partition coefficient (Wildman–Crippen LogP) is 2.91. The number of hydrogen-bond acceptors (Lipinski definition) is 7. The van der Waals surface area contributed by atoms with E-state index < -0.39 is 5.67 Å².